The van der Waals surface area contributed by atoms with Gasteiger partial charge in [0.1, 0.15) is 0 Å². The Balaban J connectivity index is 2.25. The lowest BCUT2D eigenvalue weighted by Gasteiger charge is -2.14. The summed E-state index contributed by atoms with van der Waals surface area (Å²) in [6, 6.07) is 25.4. The Morgan fingerprint density at radius 3 is 2.00 bits per heavy atom. The molecule has 0 aromatic heterocycles. The summed E-state index contributed by atoms with van der Waals surface area (Å²) in [5, 5.41) is 3.08. The highest BCUT2D eigenvalue weighted by Gasteiger charge is 2.24. The molecular formula is C21H19NO2S. The minimum Gasteiger partial charge on any atom is -0.388 e. The maximum absolute atomic E-state index is 13.3. The minimum absolute atomic E-state index is 0.273. The molecule has 0 heterocycles. The summed E-state index contributed by atoms with van der Waals surface area (Å²) in [5.41, 5.74) is 2.25. The van der Waals surface area contributed by atoms with Crippen molar-refractivity contribution in [3.8, 4) is 0 Å². The van der Waals surface area contributed by atoms with Gasteiger partial charge in [-0.1, -0.05) is 66.7 Å². The van der Waals surface area contributed by atoms with E-state index in [2.05, 4.69) is 5.32 Å². The van der Waals surface area contributed by atoms with Crippen molar-refractivity contribution in [2.75, 3.05) is 12.4 Å². The van der Waals surface area contributed by atoms with Gasteiger partial charge in [-0.05, 0) is 29.8 Å². The van der Waals surface area contributed by atoms with Crippen LogP contribution in [0.25, 0.3) is 11.0 Å². The largest absolute Gasteiger partial charge is 0.388 e. The van der Waals surface area contributed by atoms with Crippen molar-refractivity contribution in [2.24, 2.45) is 0 Å². The number of para-hydroxylation sites is 1. The minimum atomic E-state index is -3.66. The fourth-order valence-electron chi connectivity index (χ4n) is 2.64. The molecule has 126 valence electrons. The van der Waals surface area contributed by atoms with Crippen molar-refractivity contribution < 1.29 is 8.42 Å². The maximum Gasteiger partial charge on any atom is 0.207 e. The summed E-state index contributed by atoms with van der Waals surface area (Å²) in [5.74, 6) is 0. The monoisotopic (exact) mass is 349 g/mol. The Morgan fingerprint density at radius 1 is 0.800 bits per heavy atom. The van der Waals surface area contributed by atoms with Crippen LogP contribution in [0, 0.1) is 0 Å². The van der Waals surface area contributed by atoms with Crippen LogP contribution >= 0.6 is 0 Å². The second-order valence-corrected chi connectivity index (χ2v) is 7.45. The lowest BCUT2D eigenvalue weighted by Crippen LogP contribution is -2.06. The van der Waals surface area contributed by atoms with Gasteiger partial charge in [0.25, 0.3) is 0 Å². The number of rotatable bonds is 5. The first-order chi connectivity index (χ1) is 12.1. The predicted molar refractivity (Wildman–Crippen MR) is 104 cm³/mol. The maximum atomic E-state index is 13.3. The second-order valence-electron chi connectivity index (χ2n) is 5.53. The van der Waals surface area contributed by atoms with Crippen molar-refractivity contribution in [1.82, 2.24) is 0 Å². The van der Waals surface area contributed by atoms with E-state index in [-0.39, 0.29) is 9.80 Å². The zero-order valence-corrected chi connectivity index (χ0v) is 14.7. The van der Waals surface area contributed by atoms with Gasteiger partial charge in [0.2, 0.25) is 9.84 Å². The zero-order valence-electron chi connectivity index (χ0n) is 13.9. The third-order valence-corrected chi connectivity index (χ3v) is 5.71. The van der Waals surface area contributed by atoms with Gasteiger partial charge >= 0.3 is 0 Å². The smallest absolute Gasteiger partial charge is 0.207 e. The quantitative estimate of drug-likeness (QED) is 0.679. The molecule has 0 spiro atoms. The molecule has 1 N–H and O–H groups in total. The Bertz CT molecular complexity index is 979. The van der Waals surface area contributed by atoms with Gasteiger partial charge in [0, 0.05) is 18.3 Å². The molecule has 4 heteroatoms. The lowest BCUT2D eigenvalue weighted by atomic mass is 10.1. The number of hydrogen-bond acceptors (Lipinski definition) is 3. The van der Waals surface area contributed by atoms with Gasteiger partial charge in [0.15, 0.2) is 0 Å². The zero-order chi connectivity index (χ0) is 17.7. The molecule has 0 radical (unpaired) electrons. The van der Waals surface area contributed by atoms with Crippen LogP contribution in [0.3, 0.4) is 0 Å². The molecule has 0 aliphatic rings. The molecule has 0 unspecified atom stereocenters. The van der Waals surface area contributed by atoms with Crippen LogP contribution in [0.15, 0.2) is 89.8 Å². The van der Waals surface area contributed by atoms with E-state index in [4.69, 9.17) is 0 Å². The number of nitrogens with one attached hydrogen (secondary N) is 1. The summed E-state index contributed by atoms with van der Waals surface area (Å²) in [6.45, 7) is 0. The fraction of sp³-hybridized carbons (Fsp3) is 0.0476. The first kappa shape index (κ1) is 17.0. The standard InChI is InChI=1S/C21H19NO2S/c1-22-20-15-9-8-14-19(20)21(16-17-10-4-2-5-11-17)25(23,24)18-12-6-3-7-13-18/h2-16,22H,1H3/b21-16+. The molecule has 0 saturated heterocycles. The highest BCUT2D eigenvalue weighted by molar-refractivity contribution is 8.00. The van der Waals surface area contributed by atoms with Crippen LogP contribution in [-0.4, -0.2) is 15.5 Å². The van der Waals surface area contributed by atoms with Crippen LogP contribution in [0.2, 0.25) is 0 Å². The third-order valence-electron chi connectivity index (χ3n) is 3.90. The molecule has 0 bridgehead atoms. The summed E-state index contributed by atoms with van der Waals surface area (Å²) in [6.07, 6.45) is 1.72. The molecule has 3 rings (SSSR count). The van der Waals surface area contributed by atoms with Crippen LogP contribution in [0.5, 0.6) is 0 Å². The molecule has 0 aliphatic heterocycles. The Labute approximate surface area is 148 Å². The number of anilines is 1. The molecule has 0 aliphatic carbocycles. The number of hydrogen-bond donors (Lipinski definition) is 1. The molecule has 0 atom stereocenters. The summed E-state index contributed by atoms with van der Waals surface area (Å²) >= 11 is 0. The molecule has 0 fully saturated rings. The molecule has 0 amide bonds. The van der Waals surface area contributed by atoms with Crippen molar-refractivity contribution in [3.05, 3.63) is 96.1 Å². The first-order valence-corrected chi connectivity index (χ1v) is 9.45. The predicted octanol–water partition coefficient (Wildman–Crippen LogP) is 4.70. The van der Waals surface area contributed by atoms with Gasteiger partial charge in [-0.2, -0.15) is 0 Å². The lowest BCUT2D eigenvalue weighted by molar-refractivity contribution is 0.606. The van der Waals surface area contributed by atoms with Crippen molar-refractivity contribution in [3.63, 3.8) is 0 Å². The molecule has 0 saturated carbocycles. The van der Waals surface area contributed by atoms with E-state index in [1.807, 2.05) is 54.6 Å². The van der Waals surface area contributed by atoms with Crippen LogP contribution < -0.4 is 5.32 Å². The van der Waals surface area contributed by atoms with Gasteiger partial charge in [-0.25, -0.2) is 8.42 Å². The Hall–Kier alpha value is -2.85. The summed E-state index contributed by atoms with van der Waals surface area (Å²) < 4.78 is 26.6. The number of sulfone groups is 1. The average molecular weight is 349 g/mol. The SMILES string of the molecule is CNc1ccccc1/C(=C\c1ccccc1)S(=O)(=O)c1ccccc1. The molecule has 3 aromatic carbocycles. The highest BCUT2D eigenvalue weighted by atomic mass is 32.2. The van der Waals surface area contributed by atoms with E-state index < -0.39 is 9.84 Å². The van der Waals surface area contributed by atoms with Gasteiger partial charge in [-0.15, -0.1) is 0 Å². The average Bonchev–Trinajstić information content (AvgIpc) is 2.67. The summed E-state index contributed by atoms with van der Waals surface area (Å²) in [7, 11) is -1.88. The van der Waals surface area contributed by atoms with E-state index >= 15 is 0 Å². The third kappa shape index (κ3) is 3.64. The number of benzene rings is 3. The van der Waals surface area contributed by atoms with Crippen LogP contribution in [0.4, 0.5) is 5.69 Å². The van der Waals surface area contributed by atoms with Crippen LogP contribution in [0.1, 0.15) is 11.1 Å². The molecule has 25 heavy (non-hydrogen) atoms. The van der Waals surface area contributed by atoms with Crippen LogP contribution in [-0.2, 0) is 9.84 Å². The van der Waals surface area contributed by atoms with Gasteiger partial charge < -0.3 is 5.32 Å². The van der Waals surface area contributed by atoms with E-state index in [9.17, 15) is 8.42 Å². The van der Waals surface area contributed by atoms with E-state index in [1.165, 1.54) is 0 Å². The van der Waals surface area contributed by atoms with E-state index in [1.54, 1.807) is 43.5 Å². The second kappa shape index (κ2) is 7.36. The normalized spacial score (nSPS) is 12.0. The molecular weight excluding hydrogens is 330 g/mol. The van der Waals surface area contributed by atoms with E-state index in [0.717, 1.165) is 11.3 Å². The van der Waals surface area contributed by atoms with Gasteiger partial charge in [-0.3, -0.25) is 0 Å². The Kier molecular flexibility index (Phi) is 5.00. The van der Waals surface area contributed by atoms with Gasteiger partial charge in [0.05, 0.1) is 9.80 Å². The Morgan fingerprint density at radius 2 is 1.36 bits per heavy atom. The molecule has 3 aromatic rings. The van der Waals surface area contributed by atoms with Crippen molar-refractivity contribution >= 4 is 26.5 Å². The van der Waals surface area contributed by atoms with Crippen molar-refractivity contribution in [1.29, 1.82) is 0 Å². The fourth-order valence-corrected chi connectivity index (χ4v) is 4.17. The topological polar surface area (TPSA) is 46.2 Å². The highest BCUT2D eigenvalue weighted by Crippen LogP contribution is 2.33. The van der Waals surface area contributed by atoms with E-state index in [0.29, 0.717) is 5.56 Å². The summed E-state index contributed by atoms with van der Waals surface area (Å²) in [4.78, 5) is 0.554. The van der Waals surface area contributed by atoms with Crippen molar-refractivity contribution in [2.45, 2.75) is 4.90 Å². The first-order valence-electron chi connectivity index (χ1n) is 7.97. The molecule has 3 nitrogen and oxygen atoms in total.